The molecule has 0 aliphatic rings. The van der Waals surface area contributed by atoms with Crippen LogP contribution < -0.4 is 11.5 Å². The van der Waals surface area contributed by atoms with Crippen molar-refractivity contribution in [2.24, 2.45) is 0 Å². The molecule has 2 heterocycles. The molecule has 0 spiro atoms. The van der Waals surface area contributed by atoms with E-state index in [2.05, 4.69) is 9.97 Å². The number of imidazole rings is 1. The molecule has 2 aromatic rings. The Hall–Kier alpha value is -3.06. The largest absolute Gasteiger partial charge is 0.396 e. The molecule has 0 unspecified atom stereocenters. The molecule has 0 aliphatic heterocycles. The second-order valence-corrected chi connectivity index (χ2v) is 3.18. The number of nitriles is 2. The fraction of sp³-hybridized carbons (Fsp3) is 0. The van der Waals surface area contributed by atoms with Crippen LogP contribution in [0.3, 0.4) is 0 Å². The minimum Gasteiger partial charge on any atom is -0.396 e. The van der Waals surface area contributed by atoms with E-state index in [1.165, 1.54) is 10.9 Å². The summed E-state index contributed by atoms with van der Waals surface area (Å²) in [6, 6.07) is 6.88. The van der Waals surface area contributed by atoms with E-state index < -0.39 is 0 Å². The molecule has 17 heavy (non-hydrogen) atoms. The van der Waals surface area contributed by atoms with Crippen LogP contribution in [0.1, 0.15) is 11.4 Å². The standard InChI is InChI=1S/C10H7N7/c11-3-7-8(4-12)17(5-15-7)9-2-1-6(13)10(14)16-9/h1-2,5H,13H2,(H2,14,16). The highest BCUT2D eigenvalue weighted by atomic mass is 15.1. The van der Waals surface area contributed by atoms with E-state index in [0.29, 0.717) is 11.5 Å². The second-order valence-electron chi connectivity index (χ2n) is 3.18. The molecular formula is C10H7N7. The summed E-state index contributed by atoms with van der Waals surface area (Å²) in [4.78, 5) is 7.82. The van der Waals surface area contributed by atoms with Crippen LogP contribution in [0.25, 0.3) is 5.82 Å². The normalized spacial score (nSPS) is 9.53. The summed E-state index contributed by atoms with van der Waals surface area (Å²) < 4.78 is 1.38. The third kappa shape index (κ3) is 1.62. The summed E-state index contributed by atoms with van der Waals surface area (Å²) in [5.41, 5.74) is 11.6. The average Bonchev–Trinajstić information content (AvgIpc) is 2.75. The van der Waals surface area contributed by atoms with Gasteiger partial charge in [-0.15, -0.1) is 0 Å². The SMILES string of the molecule is N#Cc1ncn(-c2ccc(N)c(N)n2)c1C#N. The van der Waals surface area contributed by atoms with Crippen LogP contribution in [0.15, 0.2) is 18.5 Å². The van der Waals surface area contributed by atoms with Crippen LogP contribution in [0.5, 0.6) is 0 Å². The third-order valence-corrected chi connectivity index (χ3v) is 2.17. The maximum Gasteiger partial charge on any atom is 0.177 e. The van der Waals surface area contributed by atoms with E-state index in [9.17, 15) is 0 Å². The van der Waals surface area contributed by atoms with Gasteiger partial charge in [-0.25, -0.2) is 9.97 Å². The van der Waals surface area contributed by atoms with Crippen molar-refractivity contribution in [2.75, 3.05) is 11.5 Å². The van der Waals surface area contributed by atoms with Crippen LogP contribution >= 0.6 is 0 Å². The van der Waals surface area contributed by atoms with Crippen molar-refractivity contribution in [3.8, 4) is 18.0 Å². The average molecular weight is 225 g/mol. The predicted octanol–water partition coefficient (Wildman–Crippen LogP) is 0.175. The Morgan fingerprint density at radius 1 is 1.18 bits per heavy atom. The van der Waals surface area contributed by atoms with Gasteiger partial charge in [-0.1, -0.05) is 0 Å². The van der Waals surface area contributed by atoms with Gasteiger partial charge in [-0.05, 0) is 12.1 Å². The molecule has 0 aliphatic carbocycles. The third-order valence-electron chi connectivity index (χ3n) is 2.17. The van der Waals surface area contributed by atoms with Crippen molar-refractivity contribution in [1.29, 1.82) is 10.5 Å². The van der Waals surface area contributed by atoms with Gasteiger partial charge in [0.25, 0.3) is 0 Å². The number of nitrogens with zero attached hydrogens (tertiary/aromatic N) is 5. The highest BCUT2D eigenvalue weighted by Gasteiger charge is 2.12. The number of anilines is 2. The zero-order valence-corrected chi connectivity index (χ0v) is 8.62. The van der Waals surface area contributed by atoms with Gasteiger partial charge in [-0.2, -0.15) is 10.5 Å². The maximum atomic E-state index is 8.96. The topological polar surface area (TPSA) is 130 Å². The summed E-state index contributed by atoms with van der Waals surface area (Å²) >= 11 is 0. The van der Waals surface area contributed by atoms with E-state index in [1.807, 2.05) is 12.1 Å². The number of pyridine rings is 1. The van der Waals surface area contributed by atoms with E-state index in [0.717, 1.165) is 0 Å². The van der Waals surface area contributed by atoms with Crippen molar-refractivity contribution in [2.45, 2.75) is 0 Å². The molecule has 2 rings (SSSR count). The molecule has 4 N–H and O–H groups in total. The van der Waals surface area contributed by atoms with Crippen LogP contribution in [-0.4, -0.2) is 14.5 Å². The molecule has 7 heteroatoms. The van der Waals surface area contributed by atoms with Gasteiger partial charge >= 0.3 is 0 Å². The van der Waals surface area contributed by atoms with Gasteiger partial charge in [0.1, 0.15) is 30.1 Å². The quantitative estimate of drug-likeness (QED) is 0.711. The van der Waals surface area contributed by atoms with E-state index >= 15 is 0 Å². The van der Waals surface area contributed by atoms with Crippen molar-refractivity contribution < 1.29 is 0 Å². The van der Waals surface area contributed by atoms with Crippen molar-refractivity contribution >= 4 is 11.5 Å². The Labute approximate surface area is 96.5 Å². The number of aromatic nitrogens is 3. The molecule has 82 valence electrons. The molecule has 0 radical (unpaired) electrons. The molecule has 0 aromatic carbocycles. The summed E-state index contributed by atoms with van der Waals surface area (Å²) in [6.45, 7) is 0. The molecular weight excluding hydrogens is 218 g/mol. The lowest BCUT2D eigenvalue weighted by Gasteiger charge is -2.05. The van der Waals surface area contributed by atoms with Gasteiger partial charge in [0.2, 0.25) is 0 Å². The van der Waals surface area contributed by atoms with E-state index in [4.69, 9.17) is 22.0 Å². The van der Waals surface area contributed by atoms with Gasteiger partial charge in [0.15, 0.2) is 11.4 Å². The Morgan fingerprint density at radius 3 is 2.53 bits per heavy atom. The number of nitrogens with two attached hydrogens (primary N) is 2. The first-order chi connectivity index (χ1) is 8.17. The Kier molecular flexibility index (Phi) is 2.36. The number of rotatable bonds is 1. The van der Waals surface area contributed by atoms with Crippen molar-refractivity contribution in [1.82, 2.24) is 14.5 Å². The highest BCUT2D eigenvalue weighted by molar-refractivity contribution is 5.60. The van der Waals surface area contributed by atoms with Crippen LogP contribution in [0, 0.1) is 22.7 Å². The molecule has 7 nitrogen and oxygen atoms in total. The molecule has 0 saturated heterocycles. The fourth-order valence-corrected chi connectivity index (χ4v) is 1.32. The summed E-state index contributed by atoms with van der Waals surface area (Å²) in [7, 11) is 0. The van der Waals surface area contributed by atoms with Crippen molar-refractivity contribution in [3.63, 3.8) is 0 Å². The summed E-state index contributed by atoms with van der Waals surface area (Å²) in [6.07, 6.45) is 1.34. The number of hydrogen-bond acceptors (Lipinski definition) is 6. The van der Waals surface area contributed by atoms with Crippen molar-refractivity contribution in [3.05, 3.63) is 29.8 Å². The van der Waals surface area contributed by atoms with Crippen LogP contribution in [0.4, 0.5) is 11.5 Å². The molecule has 0 fully saturated rings. The van der Waals surface area contributed by atoms with E-state index in [-0.39, 0.29) is 17.2 Å². The first-order valence-electron chi connectivity index (χ1n) is 4.57. The fourth-order valence-electron chi connectivity index (χ4n) is 1.32. The zero-order chi connectivity index (χ0) is 12.4. The van der Waals surface area contributed by atoms with Crippen LogP contribution in [-0.2, 0) is 0 Å². The number of hydrogen-bond donors (Lipinski definition) is 2. The maximum absolute atomic E-state index is 8.96. The molecule has 0 saturated carbocycles. The Morgan fingerprint density at radius 2 is 1.94 bits per heavy atom. The van der Waals surface area contributed by atoms with Gasteiger partial charge in [0, 0.05) is 0 Å². The molecule has 2 aromatic heterocycles. The van der Waals surface area contributed by atoms with Gasteiger partial charge in [-0.3, -0.25) is 4.57 Å². The molecule has 0 bridgehead atoms. The summed E-state index contributed by atoms with van der Waals surface area (Å²) in [5, 5.41) is 17.7. The first-order valence-corrected chi connectivity index (χ1v) is 4.57. The zero-order valence-electron chi connectivity index (χ0n) is 8.62. The predicted molar refractivity (Wildman–Crippen MR) is 59.6 cm³/mol. The first kappa shape index (κ1) is 10.5. The lowest BCUT2D eigenvalue weighted by atomic mass is 10.3. The van der Waals surface area contributed by atoms with E-state index in [1.54, 1.807) is 12.1 Å². The number of nitrogen functional groups attached to an aromatic ring is 2. The lowest BCUT2D eigenvalue weighted by molar-refractivity contribution is 0.980. The molecule has 0 atom stereocenters. The lowest BCUT2D eigenvalue weighted by Crippen LogP contribution is -2.04. The monoisotopic (exact) mass is 225 g/mol. The molecule has 0 amide bonds. The summed E-state index contributed by atoms with van der Waals surface area (Å²) in [5.74, 6) is 0.556. The Bertz CT molecular complexity index is 656. The van der Waals surface area contributed by atoms with Gasteiger partial charge in [0.05, 0.1) is 5.69 Å². The minimum absolute atomic E-state index is 0.0460. The Balaban J connectivity index is 2.62. The van der Waals surface area contributed by atoms with Crippen LogP contribution in [0.2, 0.25) is 0 Å². The van der Waals surface area contributed by atoms with Gasteiger partial charge < -0.3 is 11.5 Å². The highest BCUT2D eigenvalue weighted by Crippen LogP contribution is 2.17. The second kappa shape index (κ2) is 3.83. The minimum atomic E-state index is 0.0460. The smallest absolute Gasteiger partial charge is 0.177 e.